The van der Waals surface area contributed by atoms with Crippen molar-refractivity contribution in [3.63, 3.8) is 0 Å². The number of rotatable bonds is 4. The fourth-order valence-corrected chi connectivity index (χ4v) is 7.38. The molecule has 2 heterocycles. The van der Waals surface area contributed by atoms with E-state index < -0.39 is 31.3 Å². The van der Waals surface area contributed by atoms with Gasteiger partial charge in [-0.05, 0) is 44.4 Å². The number of benzene rings is 1. The summed E-state index contributed by atoms with van der Waals surface area (Å²) in [5.41, 5.74) is -0.860. The molecule has 1 N–H and O–H groups in total. The van der Waals surface area contributed by atoms with E-state index in [0.29, 0.717) is 19.5 Å². The van der Waals surface area contributed by atoms with Crippen LogP contribution in [0.4, 0.5) is 0 Å². The first kappa shape index (κ1) is 20.6. The third-order valence-corrected chi connectivity index (χ3v) is 9.18. The van der Waals surface area contributed by atoms with Crippen LogP contribution in [0.5, 0.6) is 0 Å². The zero-order valence-electron chi connectivity index (χ0n) is 15.1. The number of halogens is 1. The molecular weight excluding hydrogens is 412 g/mol. The maximum atomic E-state index is 12.8. The molecule has 0 spiro atoms. The summed E-state index contributed by atoms with van der Waals surface area (Å²) in [6.07, 6.45) is 2.94. The Hall–Kier alpha value is -1.16. The Morgan fingerprint density at radius 2 is 1.89 bits per heavy atom. The van der Waals surface area contributed by atoms with Gasteiger partial charge in [0.15, 0.2) is 9.84 Å². The number of sulfone groups is 1. The Morgan fingerprint density at radius 3 is 2.48 bits per heavy atom. The van der Waals surface area contributed by atoms with Crippen molar-refractivity contribution in [1.29, 1.82) is 0 Å². The van der Waals surface area contributed by atoms with E-state index in [1.807, 2.05) is 0 Å². The van der Waals surface area contributed by atoms with Crippen molar-refractivity contribution in [2.45, 2.75) is 43.0 Å². The standard InChI is InChI=1S/C17H23ClN2O5S2/c1-17(7-10-26(22,23)12-17)19-16(21)14-11-13(5-6-15(14)18)27(24,25)20-8-3-2-4-9-20/h5-6,11H,2-4,7-10,12H2,1H3,(H,19,21)/t17-/m1/s1. The zero-order valence-corrected chi connectivity index (χ0v) is 17.5. The Kier molecular flexibility index (Phi) is 5.60. The van der Waals surface area contributed by atoms with E-state index in [2.05, 4.69) is 5.32 Å². The molecule has 1 aromatic rings. The Bertz CT molecular complexity index is 956. The number of sulfonamides is 1. The largest absolute Gasteiger partial charge is 0.346 e. The van der Waals surface area contributed by atoms with Crippen LogP contribution in [-0.4, -0.2) is 57.2 Å². The molecule has 7 nitrogen and oxygen atoms in total. The van der Waals surface area contributed by atoms with E-state index in [1.54, 1.807) is 6.92 Å². The van der Waals surface area contributed by atoms with Gasteiger partial charge in [-0.3, -0.25) is 4.79 Å². The zero-order chi connectivity index (χ0) is 19.9. The number of hydrogen-bond donors (Lipinski definition) is 1. The van der Waals surface area contributed by atoms with Crippen LogP contribution >= 0.6 is 11.6 Å². The van der Waals surface area contributed by atoms with Crippen molar-refractivity contribution >= 4 is 37.4 Å². The lowest BCUT2D eigenvalue weighted by atomic mass is 10.0. The maximum Gasteiger partial charge on any atom is 0.253 e. The van der Waals surface area contributed by atoms with E-state index in [4.69, 9.17) is 11.6 Å². The molecule has 0 unspecified atom stereocenters. The van der Waals surface area contributed by atoms with Gasteiger partial charge in [0.2, 0.25) is 10.0 Å². The number of hydrogen-bond acceptors (Lipinski definition) is 5. The molecule has 0 saturated carbocycles. The average Bonchev–Trinajstić information content (AvgIpc) is 2.88. The quantitative estimate of drug-likeness (QED) is 0.778. The number of piperidine rings is 1. The van der Waals surface area contributed by atoms with Crippen LogP contribution in [0, 0.1) is 0 Å². The predicted octanol–water partition coefficient (Wildman–Crippen LogP) is 1.82. The van der Waals surface area contributed by atoms with Gasteiger partial charge < -0.3 is 5.32 Å². The number of amides is 1. The van der Waals surface area contributed by atoms with Crippen LogP contribution in [0.1, 0.15) is 43.0 Å². The molecule has 1 amide bonds. The summed E-state index contributed by atoms with van der Waals surface area (Å²) in [7, 11) is -6.89. The topological polar surface area (TPSA) is 101 Å². The van der Waals surface area contributed by atoms with Crippen LogP contribution in [0.25, 0.3) is 0 Å². The van der Waals surface area contributed by atoms with Gasteiger partial charge >= 0.3 is 0 Å². The number of nitrogens with zero attached hydrogens (tertiary/aromatic N) is 1. The van der Waals surface area contributed by atoms with Gasteiger partial charge in [-0.25, -0.2) is 16.8 Å². The summed E-state index contributed by atoms with van der Waals surface area (Å²) in [4.78, 5) is 12.7. The van der Waals surface area contributed by atoms with Gasteiger partial charge in [0.25, 0.3) is 5.91 Å². The van der Waals surface area contributed by atoms with Gasteiger partial charge in [0.05, 0.1) is 32.5 Å². The minimum Gasteiger partial charge on any atom is -0.346 e. The highest BCUT2D eigenvalue weighted by Gasteiger charge is 2.40. The molecule has 10 heteroatoms. The fourth-order valence-electron chi connectivity index (χ4n) is 3.54. The third-order valence-electron chi connectivity index (χ3n) is 5.05. The molecular formula is C17H23ClN2O5S2. The van der Waals surface area contributed by atoms with Crippen molar-refractivity contribution in [3.8, 4) is 0 Å². The normalized spacial score (nSPS) is 26.0. The minimum absolute atomic E-state index is 0.0148. The summed E-state index contributed by atoms with van der Waals surface area (Å²) < 4.78 is 50.6. The number of nitrogens with one attached hydrogen (secondary N) is 1. The van der Waals surface area contributed by atoms with Gasteiger partial charge in [0, 0.05) is 13.1 Å². The van der Waals surface area contributed by atoms with E-state index in [9.17, 15) is 21.6 Å². The van der Waals surface area contributed by atoms with Crippen molar-refractivity contribution in [2.75, 3.05) is 24.6 Å². The molecule has 1 atom stereocenters. The smallest absolute Gasteiger partial charge is 0.253 e. The highest BCUT2D eigenvalue weighted by atomic mass is 35.5. The Labute approximate surface area is 165 Å². The Balaban J connectivity index is 1.86. The minimum atomic E-state index is -3.70. The van der Waals surface area contributed by atoms with Crippen LogP contribution in [0.15, 0.2) is 23.1 Å². The molecule has 2 aliphatic heterocycles. The number of carbonyl (C=O) groups excluding carboxylic acids is 1. The van der Waals surface area contributed by atoms with Gasteiger partial charge in [-0.1, -0.05) is 18.0 Å². The fraction of sp³-hybridized carbons (Fsp3) is 0.588. The lowest BCUT2D eigenvalue weighted by Crippen LogP contribution is -2.47. The van der Waals surface area contributed by atoms with Gasteiger partial charge in [0.1, 0.15) is 0 Å². The molecule has 2 fully saturated rings. The molecule has 27 heavy (non-hydrogen) atoms. The lowest BCUT2D eigenvalue weighted by Gasteiger charge is -2.26. The van der Waals surface area contributed by atoms with Crippen LogP contribution in [0.2, 0.25) is 5.02 Å². The summed E-state index contributed by atoms with van der Waals surface area (Å²) >= 11 is 6.13. The maximum absolute atomic E-state index is 12.8. The first-order valence-corrected chi connectivity index (χ1v) is 12.5. The van der Waals surface area contributed by atoms with Gasteiger partial charge in [-0.2, -0.15) is 4.31 Å². The van der Waals surface area contributed by atoms with Crippen LogP contribution in [-0.2, 0) is 19.9 Å². The first-order chi connectivity index (χ1) is 12.5. The summed E-state index contributed by atoms with van der Waals surface area (Å²) in [6.45, 7) is 2.59. The molecule has 150 valence electrons. The molecule has 0 bridgehead atoms. The highest BCUT2D eigenvalue weighted by Crippen LogP contribution is 2.27. The first-order valence-electron chi connectivity index (χ1n) is 8.85. The lowest BCUT2D eigenvalue weighted by molar-refractivity contribution is 0.0915. The molecule has 2 aliphatic rings. The van der Waals surface area contributed by atoms with Crippen molar-refractivity contribution < 1.29 is 21.6 Å². The van der Waals surface area contributed by atoms with E-state index >= 15 is 0 Å². The molecule has 0 aliphatic carbocycles. The Morgan fingerprint density at radius 1 is 1.22 bits per heavy atom. The molecule has 1 aromatic carbocycles. The second-order valence-electron chi connectivity index (χ2n) is 7.46. The third kappa shape index (κ3) is 4.47. The predicted molar refractivity (Wildman–Crippen MR) is 103 cm³/mol. The van der Waals surface area contributed by atoms with Crippen LogP contribution in [0.3, 0.4) is 0 Å². The molecule has 0 radical (unpaired) electrons. The van der Waals surface area contributed by atoms with E-state index in [-0.39, 0.29) is 27.0 Å². The summed E-state index contributed by atoms with van der Waals surface area (Å²) in [5, 5.41) is 2.84. The molecule has 3 rings (SSSR count). The van der Waals surface area contributed by atoms with Crippen molar-refractivity contribution in [2.24, 2.45) is 0 Å². The average molecular weight is 435 g/mol. The summed E-state index contributed by atoms with van der Waals surface area (Å²) in [5.74, 6) is -0.703. The van der Waals surface area contributed by atoms with E-state index in [0.717, 1.165) is 19.3 Å². The monoisotopic (exact) mass is 434 g/mol. The van der Waals surface area contributed by atoms with Crippen LogP contribution < -0.4 is 5.32 Å². The SMILES string of the molecule is C[C@@]1(NC(=O)c2cc(S(=O)(=O)N3CCCCC3)ccc2Cl)CCS(=O)(=O)C1. The van der Waals surface area contributed by atoms with Crippen molar-refractivity contribution in [3.05, 3.63) is 28.8 Å². The van der Waals surface area contributed by atoms with Gasteiger partial charge in [-0.15, -0.1) is 0 Å². The second-order valence-corrected chi connectivity index (χ2v) is 12.0. The second kappa shape index (κ2) is 7.35. The molecule has 2 saturated heterocycles. The van der Waals surface area contributed by atoms with Crippen molar-refractivity contribution in [1.82, 2.24) is 9.62 Å². The highest BCUT2D eigenvalue weighted by molar-refractivity contribution is 7.91. The van der Waals surface area contributed by atoms with E-state index in [1.165, 1.54) is 22.5 Å². The summed E-state index contributed by atoms with van der Waals surface area (Å²) in [6, 6.07) is 4.06. The molecule has 0 aromatic heterocycles. The number of carbonyl (C=O) groups is 1.